The molecule has 2 aliphatic rings. The van der Waals surface area contributed by atoms with Crippen molar-refractivity contribution in [1.29, 1.82) is 0 Å². The summed E-state index contributed by atoms with van der Waals surface area (Å²) in [5.74, 6) is 7.23. The Morgan fingerprint density at radius 2 is 1.89 bits per heavy atom. The number of aromatic nitrogens is 4. The van der Waals surface area contributed by atoms with Gasteiger partial charge in [0, 0.05) is 36.3 Å². The molecule has 0 spiro atoms. The zero-order valence-electron chi connectivity index (χ0n) is 21.3. The molecule has 1 aliphatic carbocycles. The number of rotatable bonds is 4. The highest BCUT2D eigenvalue weighted by Crippen LogP contribution is 2.69. The van der Waals surface area contributed by atoms with E-state index >= 15 is 0 Å². The smallest absolute Gasteiger partial charge is 0.299 e. The summed E-state index contributed by atoms with van der Waals surface area (Å²) < 4.78 is 1.94. The van der Waals surface area contributed by atoms with Crippen molar-refractivity contribution < 1.29 is 9.59 Å². The highest BCUT2D eigenvalue weighted by Gasteiger charge is 2.68. The largest absolute Gasteiger partial charge is 0.382 e. The zero-order valence-corrected chi connectivity index (χ0v) is 21.3. The van der Waals surface area contributed by atoms with E-state index in [0.717, 1.165) is 11.4 Å². The fraction of sp³-hybridized carbons (Fsp3) is 0.276. The number of benzene rings is 1. The molecule has 6 rings (SSSR count). The van der Waals surface area contributed by atoms with Gasteiger partial charge in [0.15, 0.2) is 0 Å². The Kier molecular flexibility index (Phi) is 5.42. The molecule has 3 atom stereocenters. The van der Waals surface area contributed by atoms with Gasteiger partial charge in [-0.05, 0) is 54.4 Å². The molecule has 3 aromatic heterocycles. The fourth-order valence-corrected chi connectivity index (χ4v) is 5.87. The molecule has 0 unspecified atom stereocenters. The first-order valence-electron chi connectivity index (χ1n) is 12.5. The Hall–Kier alpha value is -4.71. The van der Waals surface area contributed by atoms with Crippen LogP contribution in [0, 0.1) is 29.1 Å². The number of hydrogen-bond donors (Lipinski definition) is 2. The van der Waals surface area contributed by atoms with Gasteiger partial charge in [0.05, 0.1) is 6.04 Å². The Morgan fingerprint density at radius 1 is 1.11 bits per heavy atom. The molecular formula is C29H27N7O2. The van der Waals surface area contributed by atoms with Crippen LogP contribution in [-0.4, -0.2) is 42.6 Å². The van der Waals surface area contributed by atoms with Gasteiger partial charge < -0.3 is 16.0 Å². The number of hydrogen-bond acceptors (Lipinski definition) is 6. The number of carbonyl (C=O) groups excluding carboxylic acids is 2. The number of amides is 2. The number of nitrogens with one attached hydrogen (secondary N) is 1. The molecule has 1 saturated carbocycles. The summed E-state index contributed by atoms with van der Waals surface area (Å²) in [6.07, 6.45) is 5.10. The van der Waals surface area contributed by atoms with Crippen LogP contribution in [0.25, 0.3) is 16.8 Å². The van der Waals surface area contributed by atoms with Gasteiger partial charge in [-0.25, -0.2) is 15.0 Å². The number of likely N-dealkylation sites (tertiary alicyclic amines) is 1. The summed E-state index contributed by atoms with van der Waals surface area (Å²) in [4.78, 5) is 41.0. The Balaban J connectivity index is 1.40. The fourth-order valence-electron chi connectivity index (χ4n) is 5.87. The van der Waals surface area contributed by atoms with Gasteiger partial charge in [0.1, 0.15) is 28.7 Å². The summed E-state index contributed by atoms with van der Waals surface area (Å²) in [5, 5.41) is 2.79. The molecule has 0 radical (unpaired) electrons. The van der Waals surface area contributed by atoms with Crippen molar-refractivity contribution in [1.82, 2.24) is 24.3 Å². The number of imidazole rings is 1. The maximum Gasteiger partial charge on any atom is 0.299 e. The molecule has 4 aromatic rings. The maximum absolute atomic E-state index is 13.0. The lowest BCUT2D eigenvalue weighted by Crippen LogP contribution is -2.35. The van der Waals surface area contributed by atoms with Gasteiger partial charge in [-0.15, -0.1) is 0 Å². The maximum atomic E-state index is 13.0. The average Bonchev–Trinajstić information content (AvgIpc) is 3.25. The summed E-state index contributed by atoms with van der Waals surface area (Å²) in [6.45, 7) is 6.80. The molecule has 0 bridgehead atoms. The monoisotopic (exact) mass is 505 g/mol. The van der Waals surface area contributed by atoms with Crippen molar-refractivity contribution in [2.75, 3.05) is 17.6 Å². The van der Waals surface area contributed by atoms with Crippen molar-refractivity contribution in [3.05, 3.63) is 72.4 Å². The molecular weight excluding hydrogens is 478 g/mol. The highest BCUT2D eigenvalue weighted by atomic mass is 16.2. The summed E-state index contributed by atoms with van der Waals surface area (Å²) in [7, 11) is 0. The second-order valence-corrected chi connectivity index (χ2v) is 10.3. The zero-order chi connectivity index (χ0) is 26.6. The summed E-state index contributed by atoms with van der Waals surface area (Å²) in [5.41, 5.74) is 9.07. The van der Waals surface area contributed by atoms with Gasteiger partial charge in [0.2, 0.25) is 0 Å². The van der Waals surface area contributed by atoms with Crippen LogP contribution >= 0.6 is 0 Å². The molecule has 9 nitrogen and oxygen atoms in total. The number of anilines is 2. The van der Waals surface area contributed by atoms with Gasteiger partial charge in [-0.3, -0.25) is 14.0 Å². The minimum Gasteiger partial charge on any atom is -0.382 e. The van der Waals surface area contributed by atoms with E-state index in [0.29, 0.717) is 40.9 Å². The number of nitrogens with zero attached hydrogens (tertiary/aromatic N) is 5. The van der Waals surface area contributed by atoms with E-state index < -0.39 is 0 Å². The Bertz CT molecular complexity index is 1630. The summed E-state index contributed by atoms with van der Waals surface area (Å²) in [6, 6.07) is 12.3. The van der Waals surface area contributed by atoms with Gasteiger partial charge >= 0.3 is 0 Å². The predicted molar refractivity (Wildman–Crippen MR) is 144 cm³/mol. The van der Waals surface area contributed by atoms with E-state index in [1.165, 1.54) is 0 Å². The molecule has 1 aliphatic heterocycles. The van der Waals surface area contributed by atoms with Crippen LogP contribution in [0.4, 0.5) is 11.6 Å². The van der Waals surface area contributed by atoms with Crippen molar-refractivity contribution in [2.24, 2.45) is 17.3 Å². The summed E-state index contributed by atoms with van der Waals surface area (Å²) >= 11 is 0. The van der Waals surface area contributed by atoms with Crippen LogP contribution in [0.15, 0.2) is 61.1 Å². The number of pyridine rings is 1. The lowest BCUT2D eigenvalue weighted by Gasteiger charge is -2.28. The van der Waals surface area contributed by atoms with Crippen LogP contribution < -0.4 is 11.1 Å². The molecule has 1 saturated heterocycles. The normalized spacial score (nSPS) is 20.9. The highest BCUT2D eigenvalue weighted by molar-refractivity contribution is 6.04. The van der Waals surface area contributed by atoms with Gasteiger partial charge in [-0.2, -0.15) is 0 Å². The molecule has 190 valence electrons. The van der Waals surface area contributed by atoms with Crippen LogP contribution in [-0.2, 0) is 4.79 Å². The predicted octanol–water partition coefficient (Wildman–Crippen LogP) is 3.80. The topological polar surface area (TPSA) is 119 Å². The van der Waals surface area contributed by atoms with Gasteiger partial charge in [-0.1, -0.05) is 38.0 Å². The molecule has 3 N–H and O–H groups in total. The second kappa shape index (κ2) is 8.70. The van der Waals surface area contributed by atoms with Crippen LogP contribution in [0.5, 0.6) is 0 Å². The molecule has 38 heavy (non-hydrogen) atoms. The molecule has 1 aromatic carbocycles. The number of nitrogen functional groups attached to an aromatic ring is 1. The van der Waals surface area contributed by atoms with Gasteiger partial charge in [0.25, 0.3) is 11.8 Å². The van der Waals surface area contributed by atoms with E-state index in [9.17, 15) is 9.59 Å². The van der Waals surface area contributed by atoms with Crippen molar-refractivity contribution in [2.45, 2.75) is 26.8 Å². The average molecular weight is 506 g/mol. The molecule has 2 amide bonds. The third-order valence-corrected chi connectivity index (χ3v) is 7.90. The van der Waals surface area contributed by atoms with E-state index in [1.807, 2.05) is 33.7 Å². The van der Waals surface area contributed by atoms with Crippen LogP contribution in [0.2, 0.25) is 0 Å². The molecule has 4 heterocycles. The Labute approximate surface area is 220 Å². The number of fused-ring (bicyclic) bond motifs is 2. The molecule has 9 heteroatoms. The quantitative estimate of drug-likeness (QED) is 0.407. The minimum atomic E-state index is -0.258. The number of carbonyl (C=O) groups is 2. The number of piperidine rings is 1. The van der Waals surface area contributed by atoms with E-state index in [4.69, 9.17) is 10.7 Å². The van der Waals surface area contributed by atoms with E-state index in [-0.39, 0.29) is 29.2 Å². The van der Waals surface area contributed by atoms with Crippen LogP contribution in [0.3, 0.4) is 0 Å². The van der Waals surface area contributed by atoms with Crippen molar-refractivity contribution >= 4 is 29.0 Å². The lowest BCUT2D eigenvalue weighted by atomic mass is 10.0. The minimum absolute atomic E-state index is 0.105. The SMILES string of the molecule is CC#CC(=O)N1C[C@H]2[C@@H]([C@H]1c1nc(-c3ccc(C(=O)Nc4ccccn4)cc3)c3c(N)nccn13)C2(C)C. The number of nitrogens with two attached hydrogens (primary N) is 1. The third-order valence-electron chi connectivity index (χ3n) is 7.90. The van der Waals surface area contributed by atoms with E-state index in [1.54, 1.807) is 43.6 Å². The lowest BCUT2D eigenvalue weighted by molar-refractivity contribution is -0.127. The van der Waals surface area contributed by atoms with E-state index in [2.05, 4.69) is 41.0 Å². The first-order valence-corrected chi connectivity index (χ1v) is 12.5. The van der Waals surface area contributed by atoms with Crippen LogP contribution in [0.1, 0.15) is 43.0 Å². The second-order valence-electron chi connectivity index (χ2n) is 10.3. The van der Waals surface area contributed by atoms with Crippen molar-refractivity contribution in [3.63, 3.8) is 0 Å². The molecule has 2 fully saturated rings. The first-order chi connectivity index (χ1) is 18.3. The Morgan fingerprint density at radius 3 is 2.61 bits per heavy atom. The first kappa shape index (κ1) is 23.7. The third kappa shape index (κ3) is 3.68. The standard InChI is InChI=1S/C29H27N7O2/c1-4-7-21(37)36-16-19-22(29(19,2)3)24(36)27-34-23(25-26(30)32-14-15-35(25)27)17-9-11-18(12-10-17)28(38)33-20-8-5-6-13-31-20/h5-6,8-15,19,22,24H,16H2,1-3H3,(H2,30,32)(H,31,33,38)/t19-,22-,24-/m0/s1. The van der Waals surface area contributed by atoms with Crippen molar-refractivity contribution in [3.8, 4) is 23.1 Å².